The number of nitrogens with one attached hydrogen (secondary N) is 1. The molecule has 3 rings (SSSR count). The normalized spacial score (nSPS) is 17.1. The fourth-order valence-corrected chi connectivity index (χ4v) is 3.42. The molecule has 1 aromatic carbocycles. The molecule has 0 radical (unpaired) electrons. The fourth-order valence-electron chi connectivity index (χ4n) is 3.42. The van der Waals surface area contributed by atoms with Crippen molar-refractivity contribution in [3.05, 3.63) is 35.0 Å². The average Bonchev–Trinajstić information content (AvgIpc) is 2.91. The van der Waals surface area contributed by atoms with E-state index in [4.69, 9.17) is 6.42 Å². The standard InChI is InChI=1S/C18H18F2N2O/c1-3-5-6-15-18-12(7-8-22(15)16(23)4-2)13-9-11(19)10-14(20)17(13)21-18/h2,9-10,15,21H,3,5-8H2,1H3/t15-/m0/s1. The highest BCUT2D eigenvalue weighted by molar-refractivity contribution is 5.94. The third-order valence-electron chi connectivity index (χ3n) is 4.49. The van der Waals surface area contributed by atoms with Gasteiger partial charge in [0.2, 0.25) is 0 Å². The average molecular weight is 316 g/mol. The quantitative estimate of drug-likeness (QED) is 0.861. The van der Waals surface area contributed by atoms with E-state index in [0.717, 1.165) is 36.6 Å². The third kappa shape index (κ3) is 2.59. The van der Waals surface area contributed by atoms with E-state index in [1.807, 2.05) is 0 Å². The summed E-state index contributed by atoms with van der Waals surface area (Å²) in [5.74, 6) is 0.600. The summed E-state index contributed by atoms with van der Waals surface area (Å²) in [6, 6.07) is 2.01. The van der Waals surface area contributed by atoms with Crippen molar-refractivity contribution < 1.29 is 13.6 Å². The van der Waals surface area contributed by atoms with Gasteiger partial charge in [0.25, 0.3) is 5.91 Å². The number of hydrogen-bond donors (Lipinski definition) is 1. The van der Waals surface area contributed by atoms with Crippen molar-refractivity contribution in [1.82, 2.24) is 9.88 Å². The molecule has 0 bridgehead atoms. The van der Waals surface area contributed by atoms with E-state index >= 15 is 0 Å². The maximum atomic E-state index is 14.1. The second kappa shape index (κ2) is 6.04. The Balaban J connectivity index is 2.13. The predicted molar refractivity (Wildman–Crippen MR) is 84.7 cm³/mol. The fraction of sp³-hybridized carbons (Fsp3) is 0.389. The molecule has 23 heavy (non-hydrogen) atoms. The second-order valence-corrected chi connectivity index (χ2v) is 5.88. The van der Waals surface area contributed by atoms with Gasteiger partial charge in [0.05, 0.1) is 11.6 Å². The Labute approximate surface area is 133 Å². The lowest BCUT2D eigenvalue weighted by Gasteiger charge is -2.34. The van der Waals surface area contributed by atoms with Gasteiger partial charge in [-0.2, -0.15) is 0 Å². The van der Waals surface area contributed by atoms with Crippen LogP contribution in [0.2, 0.25) is 0 Å². The van der Waals surface area contributed by atoms with Crippen molar-refractivity contribution in [2.24, 2.45) is 0 Å². The molecule has 2 heterocycles. The van der Waals surface area contributed by atoms with Crippen LogP contribution in [0.4, 0.5) is 8.78 Å². The first kappa shape index (κ1) is 15.5. The SMILES string of the molecule is C#CC(=O)N1CCc2c([nH]c3c(F)cc(F)cc23)[C@@H]1CCCC. The van der Waals surface area contributed by atoms with Crippen molar-refractivity contribution in [2.75, 3.05) is 6.54 Å². The van der Waals surface area contributed by atoms with Gasteiger partial charge in [-0.1, -0.05) is 19.8 Å². The number of fused-ring (bicyclic) bond motifs is 3. The Morgan fingerprint density at radius 1 is 1.48 bits per heavy atom. The molecular formula is C18H18F2N2O. The maximum absolute atomic E-state index is 14.1. The van der Waals surface area contributed by atoms with Crippen LogP contribution in [0.3, 0.4) is 0 Å². The Hall–Kier alpha value is -2.35. The van der Waals surface area contributed by atoms with Gasteiger partial charge in [-0.25, -0.2) is 8.78 Å². The summed E-state index contributed by atoms with van der Waals surface area (Å²) in [7, 11) is 0. The maximum Gasteiger partial charge on any atom is 0.298 e. The van der Waals surface area contributed by atoms with E-state index in [0.29, 0.717) is 23.9 Å². The topological polar surface area (TPSA) is 36.1 Å². The second-order valence-electron chi connectivity index (χ2n) is 5.88. The Kier molecular flexibility index (Phi) is 4.08. The molecule has 0 saturated heterocycles. The molecule has 1 amide bonds. The molecule has 0 aliphatic carbocycles. The summed E-state index contributed by atoms with van der Waals surface area (Å²) in [5, 5.41) is 0.562. The molecule has 0 fully saturated rings. The van der Waals surface area contributed by atoms with Crippen LogP contribution in [0.1, 0.15) is 43.5 Å². The summed E-state index contributed by atoms with van der Waals surface area (Å²) in [5.41, 5.74) is 1.97. The highest BCUT2D eigenvalue weighted by atomic mass is 19.1. The number of benzene rings is 1. The number of H-pyrrole nitrogens is 1. The third-order valence-corrected chi connectivity index (χ3v) is 4.49. The van der Waals surface area contributed by atoms with Crippen molar-refractivity contribution in [1.29, 1.82) is 0 Å². The first-order valence-corrected chi connectivity index (χ1v) is 7.83. The minimum Gasteiger partial charge on any atom is -0.354 e. The van der Waals surface area contributed by atoms with Crippen LogP contribution in [0.25, 0.3) is 10.9 Å². The number of unbranched alkanes of at least 4 members (excludes halogenated alkanes) is 1. The first-order chi connectivity index (χ1) is 11.1. The molecule has 0 saturated carbocycles. The Morgan fingerprint density at radius 3 is 2.96 bits per heavy atom. The number of hydrogen-bond acceptors (Lipinski definition) is 1. The molecule has 2 aromatic rings. The van der Waals surface area contributed by atoms with Crippen molar-refractivity contribution >= 4 is 16.8 Å². The summed E-state index contributed by atoms with van der Waals surface area (Å²) in [4.78, 5) is 16.8. The van der Waals surface area contributed by atoms with Crippen LogP contribution in [-0.4, -0.2) is 22.3 Å². The number of aromatic amines is 1. The number of terminal acetylenes is 1. The number of nitrogens with zero attached hydrogens (tertiary/aromatic N) is 1. The summed E-state index contributed by atoms with van der Waals surface area (Å²) in [6.07, 6.45) is 8.45. The van der Waals surface area contributed by atoms with Crippen molar-refractivity contribution in [2.45, 2.75) is 38.6 Å². The summed E-state index contributed by atoms with van der Waals surface area (Å²) < 4.78 is 27.6. The number of rotatable bonds is 3. The molecule has 120 valence electrons. The largest absolute Gasteiger partial charge is 0.354 e. The highest BCUT2D eigenvalue weighted by Gasteiger charge is 2.32. The van der Waals surface area contributed by atoms with Crippen LogP contribution in [0.15, 0.2) is 12.1 Å². The van der Waals surface area contributed by atoms with E-state index < -0.39 is 11.6 Å². The summed E-state index contributed by atoms with van der Waals surface area (Å²) in [6.45, 7) is 2.53. The molecule has 0 unspecified atom stereocenters. The van der Waals surface area contributed by atoms with E-state index in [9.17, 15) is 13.6 Å². The van der Waals surface area contributed by atoms with Gasteiger partial charge < -0.3 is 9.88 Å². The minimum absolute atomic E-state index is 0.211. The van der Waals surface area contributed by atoms with E-state index in [-0.39, 0.29) is 11.9 Å². The summed E-state index contributed by atoms with van der Waals surface area (Å²) >= 11 is 0. The lowest BCUT2D eigenvalue weighted by atomic mass is 9.94. The van der Waals surface area contributed by atoms with Crippen LogP contribution in [0.5, 0.6) is 0 Å². The zero-order chi connectivity index (χ0) is 16.6. The van der Waals surface area contributed by atoms with Gasteiger partial charge in [0.1, 0.15) is 11.6 Å². The number of carbonyl (C=O) groups is 1. The smallest absolute Gasteiger partial charge is 0.298 e. The predicted octanol–water partition coefficient (Wildman–Crippen LogP) is 3.70. The van der Waals surface area contributed by atoms with Crippen LogP contribution in [-0.2, 0) is 11.2 Å². The molecule has 5 heteroatoms. The van der Waals surface area contributed by atoms with Gasteiger partial charge in [-0.15, -0.1) is 6.42 Å². The highest BCUT2D eigenvalue weighted by Crippen LogP contribution is 2.38. The molecular weight excluding hydrogens is 298 g/mol. The van der Waals surface area contributed by atoms with Crippen LogP contribution in [0, 0.1) is 24.0 Å². The van der Waals surface area contributed by atoms with Gasteiger partial charge in [-0.05, 0) is 30.4 Å². The molecule has 1 atom stereocenters. The van der Waals surface area contributed by atoms with Gasteiger partial charge in [-0.3, -0.25) is 4.79 Å². The molecule has 1 aliphatic rings. The molecule has 0 spiro atoms. The monoisotopic (exact) mass is 316 g/mol. The number of carbonyl (C=O) groups excluding carboxylic acids is 1. The van der Waals surface area contributed by atoms with Crippen molar-refractivity contribution in [3.63, 3.8) is 0 Å². The first-order valence-electron chi connectivity index (χ1n) is 7.83. The van der Waals surface area contributed by atoms with E-state index in [2.05, 4.69) is 17.8 Å². The van der Waals surface area contributed by atoms with Crippen LogP contribution < -0.4 is 0 Å². The minimum atomic E-state index is -0.613. The molecule has 1 N–H and O–H groups in total. The van der Waals surface area contributed by atoms with Gasteiger partial charge in [0.15, 0.2) is 0 Å². The number of aromatic nitrogens is 1. The van der Waals surface area contributed by atoms with E-state index in [1.54, 1.807) is 4.90 Å². The molecule has 3 nitrogen and oxygen atoms in total. The van der Waals surface area contributed by atoms with Crippen molar-refractivity contribution in [3.8, 4) is 12.3 Å². The number of halogens is 2. The van der Waals surface area contributed by atoms with E-state index in [1.165, 1.54) is 6.07 Å². The lowest BCUT2D eigenvalue weighted by Crippen LogP contribution is -2.39. The molecule has 1 aromatic heterocycles. The lowest BCUT2D eigenvalue weighted by molar-refractivity contribution is -0.128. The molecule has 1 aliphatic heterocycles. The Morgan fingerprint density at radius 2 is 2.26 bits per heavy atom. The van der Waals surface area contributed by atoms with Crippen LogP contribution >= 0.6 is 0 Å². The number of amides is 1. The zero-order valence-electron chi connectivity index (χ0n) is 13.0. The van der Waals surface area contributed by atoms with Gasteiger partial charge in [0, 0.05) is 23.7 Å². The van der Waals surface area contributed by atoms with Gasteiger partial charge >= 0.3 is 0 Å². The zero-order valence-corrected chi connectivity index (χ0v) is 13.0. The Bertz CT molecular complexity index is 803.